The number of carbonyl (C=O) groups excluding carboxylic acids is 2. The zero-order valence-corrected chi connectivity index (χ0v) is 15.8. The summed E-state index contributed by atoms with van der Waals surface area (Å²) < 4.78 is 11.0. The largest absolute Gasteiger partial charge is 0.461 e. The smallest absolute Gasteiger partial charge is 0.409 e. The Labute approximate surface area is 154 Å². The van der Waals surface area contributed by atoms with Crippen LogP contribution in [-0.4, -0.2) is 54.6 Å². The Bertz CT molecular complexity index is 671. The summed E-state index contributed by atoms with van der Waals surface area (Å²) in [5.41, 5.74) is 0. The maximum Gasteiger partial charge on any atom is 0.409 e. The molecule has 1 aliphatic heterocycles. The van der Waals surface area contributed by atoms with Crippen molar-refractivity contribution in [1.82, 2.24) is 9.80 Å². The summed E-state index contributed by atoms with van der Waals surface area (Å²) in [6, 6.07) is 3.91. The first kappa shape index (κ1) is 18.5. The summed E-state index contributed by atoms with van der Waals surface area (Å²) in [5, 5.41) is 0. The SMILES string of the molecule is CC(C)COC(=O)N1CCN(C(=O)/C=C/c2ccc(C3CC3C)o2)CC1. The first-order chi connectivity index (χ1) is 12.4. The van der Waals surface area contributed by atoms with Crippen LogP contribution in [0.1, 0.15) is 44.6 Å². The van der Waals surface area contributed by atoms with Crippen LogP contribution >= 0.6 is 0 Å². The van der Waals surface area contributed by atoms with Crippen molar-refractivity contribution in [3.8, 4) is 0 Å². The molecule has 2 unspecified atom stereocenters. The summed E-state index contributed by atoms with van der Waals surface area (Å²) in [6.45, 7) is 8.68. The number of piperazine rings is 1. The van der Waals surface area contributed by atoms with Gasteiger partial charge < -0.3 is 19.0 Å². The van der Waals surface area contributed by atoms with Crippen LogP contribution in [0.2, 0.25) is 0 Å². The first-order valence-electron chi connectivity index (χ1n) is 9.42. The van der Waals surface area contributed by atoms with Gasteiger partial charge in [0.2, 0.25) is 5.91 Å². The number of hydrogen-bond donors (Lipinski definition) is 0. The van der Waals surface area contributed by atoms with E-state index in [9.17, 15) is 9.59 Å². The Kier molecular flexibility index (Phi) is 5.69. The van der Waals surface area contributed by atoms with Gasteiger partial charge in [-0.1, -0.05) is 20.8 Å². The minimum absolute atomic E-state index is 0.0575. The normalized spacial score (nSPS) is 22.9. The van der Waals surface area contributed by atoms with Crippen LogP contribution in [0.15, 0.2) is 22.6 Å². The van der Waals surface area contributed by atoms with E-state index < -0.39 is 0 Å². The van der Waals surface area contributed by atoms with E-state index in [1.54, 1.807) is 22.0 Å². The van der Waals surface area contributed by atoms with Crippen molar-refractivity contribution in [2.75, 3.05) is 32.8 Å². The monoisotopic (exact) mass is 360 g/mol. The molecule has 2 heterocycles. The molecule has 26 heavy (non-hydrogen) atoms. The Balaban J connectivity index is 1.44. The predicted octanol–water partition coefficient (Wildman–Crippen LogP) is 3.35. The zero-order chi connectivity index (χ0) is 18.7. The van der Waals surface area contributed by atoms with Gasteiger partial charge in [-0.15, -0.1) is 0 Å². The van der Waals surface area contributed by atoms with Gasteiger partial charge in [0.15, 0.2) is 0 Å². The Morgan fingerprint density at radius 3 is 2.50 bits per heavy atom. The average Bonchev–Trinajstić information content (AvgIpc) is 3.18. The summed E-state index contributed by atoms with van der Waals surface area (Å²) in [6.07, 6.45) is 4.16. The lowest BCUT2D eigenvalue weighted by molar-refractivity contribution is -0.127. The number of furan rings is 1. The number of nitrogens with zero attached hydrogens (tertiary/aromatic N) is 2. The molecule has 1 aliphatic carbocycles. The molecule has 1 aromatic heterocycles. The van der Waals surface area contributed by atoms with Crippen molar-refractivity contribution in [1.29, 1.82) is 0 Å². The molecule has 1 saturated carbocycles. The van der Waals surface area contributed by atoms with Crippen molar-refractivity contribution in [3.05, 3.63) is 29.7 Å². The van der Waals surface area contributed by atoms with Crippen molar-refractivity contribution in [3.63, 3.8) is 0 Å². The molecule has 3 rings (SSSR count). The molecule has 2 amide bonds. The van der Waals surface area contributed by atoms with Crippen LogP contribution < -0.4 is 0 Å². The zero-order valence-electron chi connectivity index (χ0n) is 15.8. The quantitative estimate of drug-likeness (QED) is 0.756. The molecular weight excluding hydrogens is 332 g/mol. The molecule has 6 nitrogen and oxygen atoms in total. The topological polar surface area (TPSA) is 63.0 Å². The minimum Gasteiger partial charge on any atom is -0.461 e. The minimum atomic E-state index is -0.293. The van der Waals surface area contributed by atoms with Gasteiger partial charge in [0.05, 0.1) is 6.61 Å². The van der Waals surface area contributed by atoms with E-state index in [1.807, 2.05) is 26.0 Å². The number of rotatable bonds is 5. The standard InChI is InChI=1S/C20H28N2O4/c1-14(2)13-25-20(24)22-10-8-21(9-11-22)19(23)7-5-16-4-6-18(26-16)17-12-15(17)3/h4-7,14-15,17H,8-13H2,1-3H3/b7-5+. The lowest BCUT2D eigenvalue weighted by Gasteiger charge is -2.33. The van der Waals surface area contributed by atoms with Crippen molar-refractivity contribution < 1.29 is 18.7 Å². The van der Waals surface area contributed by atoms with Gasteiger partial charge in [0.25, 0.3) is 0 Å². The lowest BCUT2D eigenvalue weighted by Crippen LogP contribution is -2.50. The van der Waals surface area contributed by atoms with Crippen LogP contribution in [-0.2, 0) is 9.53 Å². The van der Waals surface area contributed by atoms with E-state index in [4.69, 9.17) is 9.15 Å². The van der Waals surface area contributed by atoms with Crippen LogP contribution in [0.4, 0.5) is 4.79 Å². The van der Waals surface area contributed by atoms with E-state index in [0.717, 1.165) is 5.76 Å². The van der Waals surface area contributed by atoms with Gasteiger partial charge in [0.1, 0.15) is 11.5 Å². The second kappa shape index (κ2) is 7.98. The maximum absolute atomic E-state index is 12.3. The molecule has 2 atom stereocenters. The molecule has 1 saturated heterocycles. The van der Waals surface area contributed by atoms with E-state index in [0.29, 0.717) is 56.3 Å². The van der Waals surface area contributed by atoms with E-state index >= 15 is 0 Å². The lowest BCUT2D eigenvalue weighted by atomic mass is 10.2. The van der Waals surface area contributed by atoms with E-state index in [2.05, 4.69) is 6.92 Å². The number of ether oxygens (including phenoxy) is 1. The van der Waals surface area contributed by atoms with Crippen molar-refractivity contribution in [2.45, 2.75) is 33.1 Å². The molecule has 0 N–H and O–H groups in total. The highest BCUT2D eigenvalue weighted by Gasteiger charge is 2.36. The van der Waals surface area contributed by atoms with Crippen LogP contribution in [0.5, 0.6) is 0 Å². The fraction of sp³-hybridized carbons (Fsp3) is 0.600. The molecule has 142 valence electrons. The van der Waals surface area contributed by atoms with Gasteiger partial charge >= 0.3 is 6.09 Å². The van der Waals surface area contributed by atoms with Crippen LogP contribution in [0, 0.1) is 11.8 Å². The van der Waals surface area contributed by atoms with E-state index in [-0.39, 0.29) is 12.0 Å². The third-order valence-corrected chi connectivity index (χ3v) is 4.90. The van der Waals surface area contributed by atoms with Crippen LogP contribution in [0.3, 0.4) is 0 Å². The van der Waals surface area contributed by atoms with Crippen LogP contribution in [0.25, 0.3) is 6.08 Å². The molecule has 2 fully saturated rings. The molecule has 0 bridgehead atoms. The second-order valence-electron chi connectivity index (χ2n) is 7.68. The Hall–Kier alpha value is -2.24. The number of carbonyl (C=O) groups is 2. The summed E-state index contributed by atoms with van der Waals surface area (Å²) in [5.74, 6) is 3.22. The van der Waals surface area contributed by atoms with E-state index in [1.165, 1.54) is 6.42 Å². The number of amides is 2. The van der Waals surface area contributed by atoms with Gasteiger partial charge in [-0.2, -0.15) is 0 Å². The molecule has 2 aliphatic rings. The Morgan fingerprint density at radius 1 is 1.23 bits per heavy atom. The highest BCUT2D eigenvalue weighted by molar-refractivity contribution is 5.91. The molecule has 0 spiro atoms. The maximum atomic E-state index is 12.3. The molecule has 6 heteroatoms. The molecule has 1 aromatic rings. The van der Waals surface area contributed by atoms with Crippen molar-refractivity contribution >= 4 is 18.1 Å². The van der Waals surface area contributed by atoms with Gasteiger partial charge in [-0.25, -0.2) is 4.79 Å². The van der Waals surface area contributed by atoms with Gasteiger partial charge in [-0.05, 0) is 36.5 Å². The van der Waals surface area contributed by atoms with Gasteiger partial charge in [0, 0.05) is 38.2 Å². The fourth-order valence-corrected chi connectivity index (χ4v) is 3.07. The predicted molar refractivity (Wildman–Crippen MR) is 98.6 cm³/mol. The second-order valence-corrected chi connectivity index (χ2v) is 7.68. The average molecular weight is 360 g/mol. The van der Waals surface area contributed by atoms with Gasteiger partial charge in [-0.3, -0.25) is 4.79 Å². The first-order valence-corrected chi connectivity index (χ1v) is 9.42. The third kappa shape index (κ3) is 4.68. The fourth-order valence-electron chi connectivity index (χ4n) is 3.07. The summed E-state index contributed by atoms with van der Waals surface area (Å²) in [7, 11) is 0. The molecular formula is C20H28N2O4. The molecule has 0 radical (unpaired) electrons. The highest BCUT2D eigenvalue weighted by atomic mass is 16.6. The highest BCUT2D eigenvalue weighted by Crippen LogP contribution is 2.47. The number of hydrogen-bond acceptors (Lipinski definition) is 4. The van der Waals surface area contributed by atoms with Crippen molar-refractivity contribution in [2.24, 2.45) is 11.8 Å². The molecule has 0 aromatic carbocycles. The third-order valence-electron chi connectivity index (χ3n) is 4.90. The summed E-state index contributed by atoms with van der Waals surface area (Å²) >= 11 is 0. The Morgan fingerprint density at radius 2 is 1.88 bits per heavy atom. The summed E-state index contributed by atoms with van der Waals surface area (Å²) in [4.78, 5) is 27.7.